The highest BCUT2D eigenvalue weighted by molar-refractivity contribution is 5.79. The van der Waals surface area contributed by atoms with Crippen molar-refractivity contribution >= 4 is 5.96 Å². The number of rotatable bonds is 9. The van der Waals surface area contributed by atoms with Crippen molar-refractivity contribution in [3.63, 3.8) is 0 Å². The lowest BCUT2D eigenvalue weighted by Gasteiger charge is -2.26. The summed E-state index contributed by atoms with van der Waals surface area (Å²) in [6.07, 6.45) is 4.66. The van der Waals surface area contributed by atoms with Crippen LogP contribution in [0.2, 0.25) is 0 Å². The highest BCUT2D eigenvalue weighted by Crippen LogP contribution is 2.01. The van der Waals surface area contributed by atoms with Gasteiger partial charge in [-0.05, 0) is 19.8 Å². The molecular formula is C13H30N4O. The normalized spacial score (nSPS) is 13.5. The van der Waals surface area contributed by atoms with Crippen LogP contribution in [0.5, 0.6) is 0 Å². The first kappa shape index (κ1) is 17.2. The topological polar surface area (TPSA) is 62.9 Å². The summed E-state index contributed by atoms with van der Waals surface area (Å²) >= 11 is 0. The zero-order valence-corrected chi connectivity index (χ0v) is 12.4. The molecule has 0 fully saturated rings. The highest BCUT2D eigenvalue weighted by Gasteiger charge is 2.10. The van der Waals surface area contributed by atoms with Gasteiger partial charge in [0.05, 0.1) is 12.6 Å². The lowest BCUT2D eigenvalue weighted by atomic mass is 10.2. The molecular weight excluding hydrogens is 228 g/mol. The quantitative estimate of drug-likeness (QED) is 0.286. The summed E-state index contributed by atoms with van der Waals surface area (Å²) < 4.78 is 5.10. The Morgan fingerprint density at radius 2 is 1.83 bits per heavy atom. The highest BCUT2D eigenvalue weighted by atomic mass is 16.5. The van der Waals surface area contributed by atoms with E-state index in [1.807, 2.05) is 6.92 Å². The minimum atomic E-state index is 0.117. The fourth-order valence-electron chi connectivity index (χ4n) is 1.72. The van der Waals surface area contributed by atoms with Gasteiger partial charge >= 0.3 is 0 Å². The van der Waals surface area contributed by atoms with Crippen LogP contribution in [-0.4, -0.2) is 43.7 Å². The van der Waals surface area contributed by atoms with Crippen molar-refractivity contribution in [3.05, 3.63) is 0 Å². The van der Waals surface area contributed by atoms with Crippen molar-refractivity contribution in [2.24, 2.45) is 10.8 Å². The van der Waals surface area contributed by atoms with E-state index in [2.05, 4.69) is 29.2 Å². The molecule has 0 aromatic heterocycles. The maximum Gasteiger partial charge on any atom is 0.208 e. The smallest absolute Gasteiger partial charge is 0.208 e. The van der Waals surface area contributed by atoms with E-state index in [4.69, 9.17) is 10.6 Å². The Kier molecular flexibility index (Phi) is 10.8. The van der Waals surface area contributed by atoms with Gasteiger partial charge in [0.1, 0.15) is 0 Å². The zero-order valence-electron chi connectivity index (χ0n) is 12.4. The van der Waals surface area contributed by atoms with Crippen LogP contribution >= 0.6 is 0 Å². The number of hydrogen-bond donors (Lipinski definition) is 2. The molecule has 0 saturated heterocycles. The van der Waals surface area contributed by atoms with Crippen molar-refractivity contribution in [2.45, 2.75) is 52.5 Å². The second-order valence-electron chi connectivity index (χ2n) is 4.60. The molecule has 0 spiro atoms. The Hall–Kier alpha value is -0.810. The second-order valence-corrected chi connectivity index (χ2v) is 4.60. The van der Waals surface area contributed by atoms with Gasteiger partial charge < -0.3 is 9.64 Å². The molecule has 0 aliphatic rings. The van der Waals surface area contributed by atoms with Gasteiger partial charge in [0, 0.05) is 20.2 Å². The van der Waals surface area contributed by atoms with Crippen molar-refractivity contribution < 1.29 is 4.74 Å². The third-order valence-corrected chi connectivity index (χ3v) is 2.74. The molecule has 1 atom stereocenters. The van der Waals surface area contributed by atoms with Gasteiger partial charge in [0.2, 0.25) is 5.96 Å². The molecule has 0 saturated carbocycles. The molecule has 108 valence electrons. The average molecular weight is 258 g/mol. The van der Waals surface area contributed by atoms with E-state index in [0.717, 1.165) is 31.9 Å². The Balaban J connectivity index is 4.55. The first-order chi connectivity index (χ1) is 8.69. The lowest BCUT2D eigenvalue weighted by Crippen LogP contribution is -2.46. The molecule has 0 heterocycles. The van der Waals surface area contributed by atoms with Crippen molar-refractivity contribution in [1.29, 1.82) is 0 Å². The number of nitrogens with two attached hydrogens (primary N) is 1. The zero-order chi connectivity index (χ0) is 13.8. The molecule has 0 radical (unpaired) electrons. The number of hydrogen-bond acceptors (Lipinski definition) is 3. The number of hydrazine groups is 1. The summed E-state index contributed by atoms with van der Waals surface area (Å²) in [7, 11) is 1.69. The Bertz CT molecular complexity index is 213. The number of guanidine groups is 1. The van der Waals surface area contributed by atoms with Crippen LogP contribution < -0.4 is 11.3 Å². The van der Waals surface area contributed by atoms with E-state index >= 15 is 0 Å². The predicted molar refractivity (Wildman–Crippen MR) is 77.5 cm³/mol. The van der Waals surface area contributed by atoms with Crippen LogP contribution in [0.15, 0.2) is 4.99 Å². The Morgan fingerprint density at radius 3 is 2.22 bits per heavy atom. The maximum atomic E-state index is 5.60. The maximum absolute atomic E-state index is 5.60. The summed E-state index contributed by atoms with van der Waals surface area (Å²) in [6.45, 7) is 9.02. The SMILES string of the molecule is CCCCN(CCCC)C(=NC(C)COC)NN. The Morgan fingerprint density at radius 1 is 1.28 bits per heavy atom. The minimum Gasteiger partial charge on any atom is -0.382 e. The van der Waals surface area contributed by atoms with Gasteiger partial charge in [-0.2, -0.15) is 0 Å². The van der Waals surface area contributed by atoms with E-state index in [-0.39, 0.29) is 6.04 Å². The number of ether oxygens (including phenoxy) is 1. The molecule has 1 unspecified atom stereocenters. The molecule has 5 heteroatoms. The first-order valence-electron chi connectivity index (χ1n) is 6.97. The third-order valence-electron chi connectivity index (χ3n) is 2.74. The molecule has 0 aliphatic heterocycles. The molecule has 0 amide bonds. The van der Waals surface area contributed by atoms with Gasteiger partial charge in [-0.15, -0.1) is 0 Å². The number of methoxy groups -OCH3 is 1. The molecule has 3 N–H and O–H groups in total. The molecule has 0 bridgehead atoms. The second kappa shape index (κ2) is 11.3. The van der Waals surface area contributed by atoms with E-state index in [1.165, 1.54) is 12.8 Å². The standard InChI is InChI=1S/C13H30N4O/c1-5-7-9-17(10-8-6-2)13(16-14)15-12(3)11-18-4/h12H,5-11,14H2,1-4H3,(H,15,16). The number of unbranched alkanes of at least 4 members (excludes halogenated alkanes) is 2. The van der Waals surface area contributed by atoms with Gasteiger partial charge in [0.15, 0.2) is 0 Å². The third kappa shape index (κ3) is 7.50. The van der Waals surface area contributed by atoms with Gasteiger partial charge in [-0.1, -0.05) is 26.7 Å². The lowest BCUT2D eigenvalue weighted by molar-refractivity contribution is 0.185. The van der Waals surface area contributed by atoms with Crippen LogP contribution in [-0.2, 0) is 4.74 Å². The van der Waals surface area contributed by atoms with Gasteiger partial charge in [0.25, 0.3) is 0 Å². The van der Waals surface area contributed by atoms with Gasteiger partial charge in [-0.25, -0.2) is 10.8 Å². The van der Waals surface area contributed by atoms with Crippen LogP contribution in [0.1, 0.15) is 46.5 Å². The van der Waals surface area contributed by atoms with Gasteiger partial charge in [-0.3, -0.25) is 5.43 Å². The number of nitrogens with zero attached hydrogens (tertiary/aromatic N) is 2. The summed E-state index contributed by atoms with van der Waals surface area (Å²) in [5, 5.41) is 0. The average Bonchev–Trinajstić information content (AvgIpc) is 2.37. The molecule has 0 aliphatic carbocycles. The monoisotopic (exact) mass is 258 g/mol. The molecule has 0 aromatic carbocycles. The van der Waals surface area contributed by atoms with Crippen LogP contribution in [0.4, 0.5) is 0 Å². The van der Waals surface area contributed by atoms with Crippen LogP contribution in [0.25, 0.3) is 0 Å². The largest absolute Gasteiger partial charge is 0.382 e. The molecule has 18 heavy (non-hydrogen) atoms. The van der Waals surface area contributed by atoms with E-state index in [1.54, 1.807) is 7.11 Å². The predicted octanol–water partition coefficient (Wildman–Crippen LogP) is 1.74. The van der Waals surface area contributed by atoms with Crippen LogP contribution in [0.3, 0.4) is 0 Å². The summed E-state index contributed by atoms with van der Waals surface area (Å²) in [5.74, 6) is 6.38. The summed E-state index contributed by atoms with van der Waals surface area (Å²) in [5.41, 5.74) is 2.73. The summed E-state index contributed by atoms with van der Waals surface area (Å²) in [6, 6.07) is 0.117. The fourth-order valence-corrected chi connectivity index (χ4v) is 1.72. The van der Waals surface area contributed by atoms with E-state index in [0.29, 0.717) is 6.61 Å². The first-order valence-corrected chi connectivity index (χ1v) is 6.97. The number of nitrogens with one attached hydrogen (secondary N) is 1. The van der Waals surface area contributed by atoms with E-state index < -0.39 is 0 Å². The number of aliphatic imine (C=N–C) groups is 1. The molecule has 0 aromatic rings. The van der Waals surface area contributed by atoms with Crippen molar-refractivity contribution in [2.75, 3.05) is 26.8 Å². The summed E-state index contributed by atoms with van der Waals surface area (Å²) in [4.78, 5) is 6.81. The molecule has 5 nitrogen and oxygen atoms in total. The minimum absolute atomic E-state index is 0.117. The van der Waals surface area contributed by atoms with Crippen molar-refractivity contribution in [3.8, 4) is 0 Å². The fraction of sp³-hybridized carbons (Fsp3) is 0.923. The van der Waals surface area contributed by atoms with Crippen LogP contribution in [0, 0.1) is 0 Å². The Labute approximate surface area is 112 Å². The van der Waals surface area contributed by atoms with Crippen molar-refractivity contribution in [1.82, 2.24) is 10.3 Å². The molecule has 0 rings (SSSR count). The van der Waals surface area contributed by atoms with E-state index in [9.17, 15) is 0 Å².